The zero-order chi connectivity index (χ0) is 11.5. The third-order valence-corrected chi connectivity index (χ3v) is 2.98. The van der Waals surface area contributed by atoms with E-state index in [0.29, 0.717) is 17.0 Å². The van der Waals surface area contributed by atoms with Crippen molar-refractivity contribution in [3.63, 3.8) is 0 Å². The van der Waals surface area contributed by atoms with Crippen LogP contribution in [0.15, 0.2) is 6.07 Å². The van der Waals surface area contributed by atoms with Gasteiger partial charge in [0.2, 0.25) is 5.95 Å². The lowest BCUT2D eigenvalue weighted by atomic mass is 10.1. The lowest BCUT2D eigenvalue weighted by Crippen LogP contribution is -2.36. The molecule has 0 aliphatic carbocycles. The van der Waals surface area contributed by atoms with Crippen LogP contribution in [0.4, 0.5) is 11.8 Å². The number of nitrogen functional groups attached to an aromatic ring is 1. The molecule has 1 fully saturated rings. The van der Waals surface area contributed by atoms with Gasteiger partial charge >= 0.3 is 0 Å². The van der Waals surface area contributed by atoms with Gasteiger partial charge in [-0.2, -0.15) is 4.98 Å². The van der Waals surface area contributed by atoms with Crippen molar-refractivity contribution >= 4 is 23.4 Å². The Balaban J connectivity index is 1.98. The highest BCUT2D eigenvalue weighted by molar-refractivity contribution is 6.29. The van der Waals surface area contributed by atoms with Crippen molar-refractivity contribution in [3.8, 4) is 0 Å². The van der Waals surface area contributed by atoms with Gasteiger partial charge in [0.15, 0.2) is 0 Å². The van der Waals surface area contributed by atoms with Crippen LogP contribution in [0.1, 0.15) is 12.8 Å². The van der Waals surface area contributed by atoms with Crippen molar-refractivity contribution in [2.75, 3.05) is 31.2 Å². The molecule has 2 heterocycles. The molecule has 0 unspecified atom stereocenters. The molecule has 0 atom stereocenters. The third-order valence-electron chi connectivity index (χ3n) is 2.78. The predicted octanol–water partition coefficient (Wildman–Crippen LogP) is 1.22. The number of hydrogen-bond donors (Lipinski definition) is 2. The summed E-state index contributed by atoms with van der Waals surface area (Å²) in [6.45, 7) is 2.21. The third kappa shape index (κ3) is 2.96. The van der Waals surface area contributed by atoms with Gasteiger partial charge in [-0.1, -0.05) is 11.6 Å². The van der Waals surface area contributed by atoms with Crippen molar-refractivity contribution in [2.45, 2.75) is 18.9 Å². The average Bonchev–Trinajstić information content (AvgIpc) is 2.20. The van der Waals surface area contributed by atoms with Gasteiger partial charge in [0.1, 0.15) is 11.0 Å². The van der Waals surface area contributed by atoms with Gasteiger partial charge in [-0.15, -0.1) is 0 Å². The Hall–Kier alpha value is -1.07. The second-order valence-corrected chi connectivity index (χ2v) is 4.54. The highest BCUT2D eigenvalue weighted by Crippen LogP contribution is 2.17. The first kappa shape index (κ1) is 11.4. The molecule has 1 aromatic heterocycles. The number of nitrogens with one attached hydrogen (secondary N) is 1. The predicted molar refractivity (Wildman–Crippen MR) is 65.6 cm³/mol. The first-order valence-corrected chi connectivity index (χ1v) is 5.76. The molecule has 16 heavy (non-hydrogen) atoms. The maximum absolute atomic E-state index is 5.81. The van der Waals surface area contributed by atoms with E-state index in [-0.39, 0.29) is 5.95 Å². The van der Waals surface area contributed by atoms with Gasteiger partial charge in [0.25, 0.3) is 0 Å². The van der Waals surface area contributed by atoms with Gasteiger partial charge in [-0.25, -0.2) is 4.98 Å². The first-order valence-electron chi connectivity index (χ1n) is 5.38. The Bertz CT molecular complexity index is 342. The summed E-state index contributed by atoms with van der Waals surface area (Å²) in [4.78, 5) is 10.2. The Kier molecular flexibility index (Phi) is 3.46. The number of aromatic nitrogens is 2. The lowest BCUT2D eigenvalue weighted by molar-refractivity contribution is 0.263. The quantitative estimate of drug-likeness (QED) is 0.762. The summed E-state index contributed by atoms with van der Waals surface area (Å²) in [5.41, 5.74) is 5.53. The lowest BCUT2D eigenvalue weighted by Gasteiger charge is -2.29. The summed E-state index contributed by atoms with van der Waals surface area (Å²) in [6.07, 6.45) is 2.22. The number of nitrogens with two attached hydrogens (primary N) is 1. The number of anilines is 2. The fourth-order valence-electron chi connectivity index (χ4n) is 1.87. The van der Waals surface area contributed by atoms with Crippen LogP contribution in [-0.2, 0) is 0 Å². The standard InChI is InChI=1S/C10H16ClN5/c1-16-4-2-7(3-5-16)13-9-6-8(11)14-10(12)15-9/h6-7H,2-5H2,1H3,(H3,12,13,14,15). The Labute approximate surface area is 100 Å². The topological polar surface area (TPSA) is 67.1 Å². The molecule has 0 saturated carbocycles. The zero-order valence-electron chi connectivity index (χ0n) is 9.28. The normalized spacial score (nSPS) is 18.6. The second kappa shape index (κ2) is 4.84. The summed E-state index contributed by atoms with van der Waals surface area (Å²) in [5, 5.41) is 3.72. The number of nitrogens with zero attached hydrogens (tertiary/aromatic N) is 3. The summed E-state index contributed by atoms with van der Waals surface area (Å²) in [7, 11) is 2.13. The molecule has 0 radical (unpaired) electrons. The molecular formula is C10H16ClN5. The highest BCUT2D eigenvalue weighted by atomic mass is 35.5. The van der Waals surface area contributed by atoms with Crippen LogP contribution in [0.2, 0.25) is 5.15 Å². The number of hydrogen-bond acceptors (Lipinski definition) is 5. The molecule has 0 amide bonds. The molecule has 1 saturated heterocycles. The molecule has 0 aromatic carbocycles. The van der Waals surface area contributed by atoms with Gasteiger partial charge in [-0.05, 0) is 33.0 Å². The van der Waals surface area contributed by atoms with Gasteiger partial charge < -0.3 is 16.0 Å². The number of likely N-dealkylation sites (tertiary alicyclic amines) is 1. The minimum absolute atomic E-state index is 0.211. The van der Waals surface area contributed by atoms with Crippen molar-refractivity contribution in [1.29, 1.82) is 0 Å². The van der Waals surface area contributed by atoms with E-state index in [1.54, 1.807) is 6.07 Å². The summed E-state index contributed by atoms with van der Waals surface area (Å²) in [6, 6.07) is 2.15. The SMILES string of the molecule is CN1CCC(Nc2cc(Cl)nc(N)n2)CC1. The maximum Gasteiger partial charge on any atom is 0.223 e. The van der Waals surface area contributed by atoms with Gasteiger partial charge in [-0.3, -0.25) is 0 Å². The zero-order valence-corrected chi connectivity index (χ0v) is 10.0. The molecule has 1 aliphatic heterocycles. The monoisotopic (exact) mass is 241 g/mol. The fourth-order valence-corrected chi connectivity index (χ4v) is 2.06. The minimum Gasteiger partial charge on any atom is -0.368 e. The van der Waals surface area contributed by atoms with E-state index in [9.17, 15) is 0 Å². The molecule has 6 heteroatoms. The number of piperidine rings is 1. The molecule has 1 aliphatic rings. The van der Waals surface area contributed by atoms with E-state index in [1.165, 1.54) is 0 Å². The van der Waals surface area contributed by atoms with Crippen LogP contribution in [0.3, 0.4) is 0 Å². The molecule has 3 N–H and O–H groups in total. The van der Waals surface area contributed by atoms with Crippen molar-refractivity contribution in [1.82, 2.24) is 14.9 Å². The van der Waals surface area contributed by atoms with E-state index in [0.717, 1.165) is 25.9 Å². The molecule has 0 spiro atoms. The largest absolute Gasteiger partial charge is 0.368 e. The van der Waals surface area contributed by atoms with E-state index < -0.39 is 0 Å². The molecule has 0 bridgehead atoms. The van der Waals surface area contributed by atoms with Crippen molar-refractivity contribution < 1.29 is 0 Å². The van der Waals surface area contributed by atoms with Crippen LogP contribution in [0, 0.1) is 0 Å². The Morgan fingerprint density at radius 1 is 1.44 bits per heavy atom. The second-order valence-electron chi connectivity index (χ2n) is 4.16. The van der Waals surface area contributed by atoms with Crippen molar-refractivity contribution in [2.24, 2.45) is 0 Å². The van der Waals surface area contributed by atoms with E-state index in [1.807, 2.05) is 0 Å². The van der Waals surface area contributed by atoms with E-state index in [2.05, 4.69) is 27.2 Å². The molecule has 5 nitrogen and oxygen atoms in total. The van der Waals surface area contributed by atoms with Crippen LogP contribution < -0.4 is 11.1 Å². The minimum atomic E-state index is 0.211. The van der Waals surface area contributed by atoms with Crippen LogP contribution >= 0.6 is 11.6 Å². The summed E-state index contributed by atoms with van der Waals surface area (Å²) in [5.74, 6) is 0.926. The van der Waals surface area contributed by atoms with E-state index in [4.69, 9.17) is 17.3 Å². The van der Waals surface area contributed by atoms with E-state index >= 15 is 0 Å². The van der Waals surface area contributed by atoms with Crippen molar-refractivity contribution in [3.05, 3.63) is 11.2 Å². The van der Waals surface area contributed by atoms with Gasteiger partial charge in [0.05, 0.1) is 0 Å². The average molecular weight is 242 g/mol. The smallest absolute Gasteiger partial charge is 0.223 e. The fraction of sp³-hybridized carbons (Fsp3) is 0.600. The molecule has 88 valence electrons. The molecular weight excluding hydrogens is 226 g/mol. The summed E-state index contributed by atoms with van der Waals surface area (Å²) < 4.78 is 0. The maximum atomic E-state index is 5.81. The Morgan fingerprint density at radius 2 is 2.12 bits per heavy atom. The molecule has 2 rings (SSSR count). The summed E-state index contributed by atoms with van der Waals surface area (Å²) >= 11 is 5.81. The highest BCUT2D eigenvalue weighted by Gasteiger charge is 2.16. The van der Waals surface area contributed by atoms with Crippen LogP contribution in [-0.4, -0.2) is 41.0 Å². The molecule has 1 aromatic rings. The Morgan fingerprint density at radius 3 is 2.75 bits per heavy atom. The first-order chi connectivity index (χ1) is 7.63. The number of halogens is 1. The number of rotatable bonds is 2. The van der Waals surface area contributed by atoms with Crippen LogP contribution in [0.25, 0.3) is 0 Å². The van der Waals surface area contributed by atoms with Crippen LogP contribution in [0.5, 0.6) is 0 Å². The van der Waals surface area contributed by atoms with Gasteiger partial charge in [0, 0.05) is 12.1 Å².